The highest BCUT2D eigenvalue weighted by molar-refractivity contribution is 5.26. The SMILES string of the molecule is CC(C)CNCc1cc(F)cnc1OCCC(C)(C)C. The van der Waals surface area contributed by atoms with Gasteiger partial charge in [0.05, 0.1) is 12.8 Å². The molecular weight excluding hydrogens is 255 g/mol. The molecule has 0 saturated carbocycles. The molecule has 0 bridgehead atoms. The molecule has 0 saturated heterocycles. The number of aromatic nitrogens is 1. The second kappa shape index (κ2) is 7.58. The van der Waals surface area contributed by atoms with Crippen LogP contribution in [-0.4, -0.2) is 18.1 Å². The predicted octanol–water partition coefficient (Wildman–Crippen LogP) is 3.78. The average molecular weight is 282 g/mol. The molecule has 1 aromatic rings. The number of ether oxygens (including phenoxy) is 1. The lowest BCUT2D eigenvalue weighted by molar-refractivity contribution is 0.233. The number of nitrogens with one attached hydrogen (secondary N) is 1. The van der Waals surface area contributed by atoms with E-state index in [1.807, 2.05) is 0 Å². The van der Waals surface area contributed by atoms with E-state index in [4.69, 9.17) is 4.74 Å². The summed E-state index contributed by atoms with van der Waals surface area (Å²) in [6, 6.07) is 1.49. The van der Waals surface area contributed by atoms with Crippen molar-refractivity contribution in [2.45, 2.75) is 47.6 Å². The lowest BCUT2D eigenvalue weighted by Gasteiger charge is -2.18. The summed E-state index contributed by atoms with van der Waals surface area (Å²) in [6.07, 6.45) is 2.14. The maximum atomic E-state index is 13.3. The summed E-state index contributed by atoms with van der Waals surface area (Å²) in [6.45, 7) is 12.8. The van der Waals surface area contributed by atoms with Gasteiger partial charge in [-0.1, -0.05) is 34.6 Å². The van der Waals surface area contributed by atoms with Crippen molar-refractivity contribution < 1.29 is 9.13 Å². The van der Waals surface area contributed by atoms with Crippen LogP contribution in [-0.2, 0) is 6.54 Å². The van der Waals surface area contributed by atoms with Gasteiger partial charge < -0.3 is 10.1 Å². The third-order valence-electron chi connectivity index (χ3n) is 2.85. The topological polar surface area (TPSA) is 34.2 Å². The Balaban J connectivity index is 2.60. The van der Waals surface area contributed by atoms with Gasteiger partial charge >= 0.3 is 0 Å². The molecule has 0 unspecified atom stereocenters. The van der Waals surface area contributed by atoms with Gasteiger partial charge in [-0.25, -0.2) is 9.37 Å². The number of nitrogens with zero attached hydrogens (tertiary/aromatic N) is 1. The van der Waals surface area contributed by atoms with Crippen molar-refractivity contribution in [3.05, 3.63) is 23.6 Å². The molecule has 0 aliphatic rings. The minimum Gasteiger partial charge on any atom is -0.477 e. The van der Waals surface area contributed by atoms with Crippen LogP contribution in [0, 0.1) is 17.2 Å². The van der Waals surface area contributed by atoms with E-state index < -0.39 is 0 Å². The summed E-state index contributed by atoms with van der Waals surface area (Å²) >= 11 is 0. The Labute approximate surface area is 121 Å². The highest BCUT2D eigenvalue weighted by Gasteiger charge is 2.12. The molecule has 114 valence electrons. The van der Waals surface area contributed by atoms with Crippen LogP contribution in [0.25, 0.3) is 0 Å². The number of hydrogen-bond acceptors (Lipinski definition) is 3. The summed E-state index contributed by atoms with van der Waals surface area (Å²) in [5, 5.41) is 3.29. The second-order valence-corrected chi connectivity index (χ2v) is 6.80. The van der Waals surface area contributed by atoms with Crippen molar-refractivity contribution in [1.29, 1.82) is 0 Å². The molecule has 1 aromatic heterocycles. The fourth-order valence-corrected chi connectivity index (χ4v) is 1.67. The standard InChI is InChI=1S/C16H27FN2O/c1-12(2)9-18-10-13-8-14(17)11-19-15(13)20-7-6-16(3,4)5/h8,11-12,18H,6-7,9-10H2,1-5H3. The Morgan fingerprint density at radius 1 is 1.35 bits per heavy atom. The maximum Gasteiger partial charge on any atom is 0.218 e. The first-order valence-electron chi connectivity index (χ1n) is 7.26. The van der Waals surface area contributed by atoms with Crippen LogP contribution in [0.3, 0.4) is 0 Å². The third kappa shape index (κ3) is 6.85. The van der Waals surface area contributed by atoms with Crippen molar-refractivity contribution in [3.8, 4) is 5.88 Å². The third-order valence-corrected chi connectivity index (χ3v) is 2.85. The van der Waals surface area contributed by atoms with Gasteiger partial charge in [-0.2, -0.15) is 0 Å². The Morgan fingerprint density at radius 2 is 2.05 bits per heavy atom. The Morgan fingerprint density at radius 3 is 2.65 bits per heavy atom. The fourth-order valence-electron chi connectivity index (χ4n) is 1.67. The zero-order valence-electron chi connectivity index (χ0n) is 13.3. The smallest absolute Gasteiger partial charge is 0.218 e. The summed E-state index contributed by atoms with van der Waals surface area (Å²) < 4.78 is 19.0. The molecule has 1 heterocycles. The van der Waals surface area contributed by atoms with E-state index in [9.17, 15) is 4.39 Å². The van der Waals surface area contributed by atoms with E-state index in [0.29, 0.717) is 24.9 Å². The van der Waals surface area contributed by atoms with Crippen LogP contribution in [0.5, 0.6) is 5.88 Å². The predicted molar refractivity (Wildman–Crippen MR) is 80.3 cm³/mol. The largest absolute Gasteiger partial charge is 0.477 e. The molecule has 0 spiro atoms. The van der Waals surface area contributed by atoms with Crippen LogP contribution in [0.1, 0.15) is 46.6 Å². The first-order valence-corrected chi connectivity index (χ1v) is 7.26. The Bertz CT molecular complexity index is 413. The van der Waals surface area contributed by atoms with Crippen molar-refractivity contribution in [2.24, 2.45) is 11.3 Å². The number of halogens is 1. The maximum absolute atomic E-state index is 13.3. The van der Waals surface area contributed by atoms with E-state index in [1.165, 1.54) is 12.3 Å². The van der Waals surface area contributed by atoms with Gasteiger partial charge in [0.25, 0.3) is 0 Å². The van der Waals surface area contributed by atoms with Gasteiger partial charge in [0.15, 0.2) is 0 Å². The van der Waals surface area contributed by atoms with Crippen LogP contribution in [0.4, 0.5) is 4.39 Å². The minimum atomic E-state index is -0.325. The summed E-state index contributed by atoms with van der Waals surface area (Å²) in [4.78, 5) is 4.06. The molecule has 1 rings (SSSR count). The second-order valence-electron chi connectivity index (χ2n) is 6.80. The quantitative estimate of drug-likeness (QED) is 0.826. The highest BCUT2D eigenvalue weighted by Crippen LogP contribution is 2.21. The van der Waals surface area contributed by atoms with E-state index in [2.05, 4.69) is 44.9 Å². The summed E-state index contributed by atoms with van der Waals surface area (Å²) in [5.41, 5.74) is 0.996. The van der Waals surface area contributed by atoms with Crippen molar-refractivity contribution >= 4 is 0 Å². The van der Waals surface area contributed by atoms with Gasteiger partial charge in [0, 0.05) is 12.1 Å². The van der Waals surface area contributed by atoms with Crippen molar-refractivity contribution in [1.82, 2.24) is 10.3 Å². The van der Waals surface area contributed by atoms with E-state index >= 15 is 0 Å². The first-order chi connectivity index (χ1) is 9.28. The van der Waals surface area contributed by atoms with Gasteiger partial charge in [0.2, 0.25) is 5.88 Å². The van der Waals surface area contributed by atoms with Crippen LogP contribution >= 0.6 is 0 Å². The highest BCUT2D eigenvalue weighted by atomic mass is 19.1. The van der Waals surface area contributed by atoms with Crippen molar-refractivity contribution in [2.75, 3.05) is 13.2 Å². The molecule has 0 aliphatic heterocycles. The van der Waals surface area contributed by atoms with Crippen LogP contribution < -0.4 is 10.1 Å². The van der Waals surface area contributed by atoms with E-state index in [1.54, 1.807) is 0 Å². The van der Waals surface area contributed by atoms with Gasteiger partial charge in [-0.15, -0.1) is 0 Å². The molecule has 0 fully saturated rings. The molecule has 0 aliphatic carbocycles. The number of rotatable bonds is 7. The van der Waals surface area contributed by atoms with E-state index in [-0.39, 0.29) is 11.2 Å². The summed E-state index contributed by atoms with van der Waals surface area (Å²) in [7, 11) is 0. The lowest BCUT2D eigenvalue weighted by Crippen LogP contribution is -2.20. The molecule has 3 nitrogen and oxygen atoms in total. The van der Waals surface area contributed by atoms with Gasteiger partial charge in [0.1, 0.15) is 5.82 Å². The number of pyridine rings is 1. The van der Waals surface area contributed by atoms with Gasteiger partial charge in [-0.05, 0) is 30.4 Å². The molecule has 0 aromatic carbocycles. The molecule has 1 N–H and O–H groups in total. The van der Waals surface area contributed by atoms with Crippen LogP contribution in [0.15, 0.2) is 12.3 Å². The normalized spacial score (nSPS) is 11.9. The number of hydrogen-bond donors (Lipinski definition) is 1. The monoisotopic (exact) mass is 282 g/mol. The lowest BCUT2D eigenvalue weighted by atomic mass is 9.93. The Hall–Kier alpha value is -1.16. The fraction of sp³-hybridized carbons (Fsp3) is 0.688. The molecule has 0 radical (unpaired) electrons. The van der Waals surface area contributed by atoms with Crippen LogP contribution in [0.2, 0.25) is 0 Å². The molecular formula is C16H27FN2O. The summed E-state index contributed by atoms with van der Waals surface area (Å²) in [5.74, 6) is 0.767. The average Bonchev–Trinajstić information content (AvgIpc) is 2.30. The minimum absolute atomic E-state index is 0.218. The molecule has 0 atom stereocenters. The molecule has 0 amide bonds. The van der Waals surface area contributed by atoms with E-state index in [0.717, 1.165) is 18.5 Å². The zero-order chi connectivity index (χ0) is 15.2. The van der Waals surface area contributed by atoms with Crippen molar-refractivity contribution in [3.63, 3.8) is 0 Å². The Kier molecular flexibility index (Phi) is 6.40. The molecule has 20 heavy (non-hydrogen) atoms. The van der Waals surface area contributed by atoms with Gasteiger partial charge in [-0.3, -0.25) is 0 Å². The molecule has 4 heteroatoms. The zero-order valence-corrected chi connectivity index (χ0v) is 13.3. The first kappa shape index (κ1) is 16.9.